The summed E-state index contributed by atoms with van der Waals surface area (Å²) in [6.07, 6.45) is 3.15. The van der Waals surface area contributed by atoms with E-state index in [1.807, 2.05) is 16.7 Å². The van der Waals surface area contributed by atoms with E-state index < -0.39 is 0 Å². The van der Waals surface area contributed by atoms with Gasteiger partial charge in [-0.15, -0.1) is 0 Å². The number of amides is 1. The second kappa shape index (κ2) is 9.71. The van der Waals surface area contributed by atoms with E-state index in [1.165, 1.54) is 28.1 Å². The second-order valence-corrected chi connectivity index (χ2v) is 10.9. The maximum absolute atomic E-state index is 13.4. The van der Waals surface area contributed by atoms with Crippen LogP contribution in [-0.2, 0) is 19.4 Å². The molecule has 3 aliphatic rings. The van der Waals surface area contributed by atoms with Gasteiger partial charge in [-0.3, -0.25) is 14.4 Å². The summed E-state index contributed by atoms with van der Waals surface area (Å²) in [6.45, 7) is 13.4. The van der Waals surface area contributed by atoms with Gasteiger partial charge in [0.1, 0.15) is 0 Å². The van der Waals surface area contributed by atoms with E-state index in [2.05, 4.69) is 53.5 Å². The van der Waals surface area contributed by atoms with Crippen LogP contribution in [0.25, 0.3) is 0 Å². The van der Waals surface area contributed by atoms with Gasteiger partial charge in [0, 0.05) is 80.3 Å². The van der Waals surface area contributed by atoms with Crippen LogP contribution in [0.3, 0.4) is 0 Å². The Hall–Kier alpha value is -1.99. The first-order valence-corrected chi connectivity index (χ1v) is 13.7. The Morgan fingerprint density at radius 1 is 1.09 bits per heavy atom. The summed E-state index contributed by atoms with van der Waals surface area (Å²) >= 11 is 1.94. The zero-order chi connectivity index (χ0) is 22.9. The van der Waals surface area contributed by atoms with E-state index in [0.717, 1.165) is 82.3 Å². The normalized spacial score (nSPS) is 21.8. The smallest absolute Gasteiger partial charge is 0.274 e. The first-order valence-electron chi connectivity index (χ1n) is 12.6. The van der Waals surface area contributed by atoms with Gasteiger partial charge in [-0.1, -0.05) is 12.1 Å². The maximum atomic E-state index is 13.4. The molecule has 0 spiro atoms. The first kappa shape index (κ1) is 22.8. The van der Waals surface area contributed by atoms with Crippen LogP contribution in [0.15, 0.2) is 18.2 Å². The molecule has 1 atom stereocenters. The number of thioether (sulfide) groups is 1. The molecule has 0 bridgehead atoms. The van der Waals surface area contributed by atoms with Crippen molar-refractivity contribution in [1.29, 1.82) is 0 Å². The summed E-state index contributed by atoms with van der Waals surface area (Å²) in [5, 5.41) is 4.83. The lowest BCUT2D eigenvalue weighted by Gasteiger charge is -2.42. The minimum absolute atomic E-state index is 0.152. The minimum Gasteiger partial charge on any atom is -0.369 e. The first-order chi connectivity index (χ1) is 16.1. The number of carbonyl (C=O) groups excluding carboxylic acids is 1. The molecule has 178 valence electrons. The molecule has 2 aliphatic heterocycles. The fraction of sp³-hybridized carbons (Fsp3) is 0.615. The van der Waals surface area contributed by atoms with Crippen molar-refractivity contribution < 1.29 is 4.79 Å². The lowest BCUT2D eigenvalue weighted by molar-refractivity contribution is 0.0763. The molecule has 33 heavy (non-hydrogen) atoms. The number of carbonyl (C=O) groups is 1. The number of nitrogens with zero attached hydrogens (tertiary/aromatic N) is 5. The zero-order valence-electron chi connectivity index (χ0n) is 20.3. The quantitative estimate of drug-likeness (QED) is 0.690. The maximum Gasteiger partial charge on any atom is 0.274 e. The van der Waals surface area contributed by atoms with Crippen molar-refractivity contribution in [3.05, 3.63) is 46.3 Å². The van der Waals surface area contributed by atoms with Crippen LogP contribution >= 0.6 is 11.8 Å². The highest BCUT2D eigenvalue weighted by Crippen LogP contribution is 2.30. The lowest BCUT2D eigenvalue weighted by Crippen LogP contribution is -2.52. The van der Waals surface area contributed by atoms with Crippen molar-refractivity contribution in [3.63, 3.8) is 0 Å². The molecule has 1 aromatic heterocycles. The van der Waals surface area contributed by atoms with Crippen molar-refractivity contribution in [2.45, 2.75) is 52.6 Å². The molecule has 2 aromatic rings. The van der Waals surface area contributed by atoms with E-state index in [-0.39, 0.29) is 5.91 Å². The average Bonchev–Trinajstić information content (AvgIpc) is 3.24. The third-order valence-electron chi connectivity index (χ3n) is 7.87. The van der Waals surface area contributed by atoms with E-state index >= 15 is 0 Å². The molecule has 7 heteroatoms. The minimum atomic E-state index is 0.152. The van der Waals surface area contributed by atoms with E-state index in [1.54, 1.807) is 0 Å². The van der Waals surface area contributed by atoms with Crippen LogP contribution in [0.5, 0.6) is 0 Å². The van der Waals surface area contributed by atoms with Crippen molar-refractivity contribution in [2.75, 3.05) is 55.7 Å². The lowest BCUT2D eigenvalue weighted by atomic mass is 9.89. The van der Waals surface area contributed by atoms with Gasteiger partial charge in [0.05, 0.1) is 0 Å². The molecule has 1 aromatic carbocycles. The molecular weight excluding hydrogens is 430 g/mol. The van der Waals surface area contributed by atoms with Gasteiger partial charge < -0.3 is 9.80 Å². The third-order valence-corrected chi connectivity index (χ3v) is 8.81. The highest BCUT2D eigenvalue weighted by atomic mass is 32.2. The molecule has 1 amide bonds. The van der Waals surface area contributed by atoms with Crippen LogP contribution in [0.4, 0.5) is 5.69 Å². The molecule has 1 aliphatic carbocycles. The van der Waals surface area contributed by atoms with Crippen LogP contribution in [0, 0.1) is 13.8 Å². The molecule has 0 radical (unpaired) electrons. The summed E-state index contributed by atoms with van der Waals surface area (Å²) in [5.74, 6) is 2.23. The summed E-state index contributed by atoms with van der Waals surface area (Å²) in [5.41, 5.74) is 7.42. The van der Waals surface area contributed by atoms with Gasteiger partial charge in [0.2, 0.25) is 0 Å². The monoisotopic (exact) mass is 467 g/mol. The molecule has 6 nitrogen and oxygen atoms in total. The van der Waals surface area contributed by atoms with E-state index in [0.29, 0.717) is 6.04 Å². The zero-order valence-corrected chi connectivity index (χ0v) is 21.2. The van der Waals surface area contributed by atoms with E-state index in [9.17, 15) is 4.79 Å². The number of aryl methyl sites for hydroxylation is 2. The summed E-state index contributed by atoms with van der Waals surface area (Å²) < 4.78 is 2.09. The SMILES string of the molecule is CCn1nc(C(=O)N2CCSCC2)c2c1CC[C@H](N1CCN(c3cccc(C)c3C)CC1)C2. The summed E-state index contributed by atoms with van der Waals surface area (Å²) in [6, 6.07) is 7.15. The Morgan fingerprint density at radius 3 is 2.58 bits per heavy atom. The fourth-order valence-corrected chi connectivity index (χ4v) is 6.64. The molecular formula is C26H37N5OS. The number of piperazine rings is 1. The van der Waals surface area contributed by atoms with Gasteiger partial charge >= 0.3 is 0 Å². The van der Waals surface area contributed by atoms with Crippen molar-refractivity contribution >= 4 is 23.4 Å². The number of anilines is 1. The van der Waals surface area contributed by atoms with Crippen LogP contribution < -0.4 is 4.90 Å². The van der Waals surface area contributed by atoms with Gasteiger partial charge in [-0.25, -0.2) is 0 Å². The third kappa shape index (κ3) is 4.42. The highest BCUT2D eigenvalue weighted by molar-refractivity contribution is 7.99. The molecule has 3 heterocycles. The van der Waals surface area contributed by atoms with Crippen molar-refractivity contribution in [3.8, 4) is 0 Å². The number of rotatable bonds is 4. The number of hydrogen-bond donors (Lipinski definition) is 0. The standard InChI is InChI=1S/C26H37N5OS/c1-4-31-24-9-8-21(18-22(24)25(27-31)26(32)30-14-16-33-17-15-30)28-10-12-29(13-11-28)23-7-5-6-19(2)20(23)3/h5-7,21H,4,8-18H2,1-3H3/t21-/m0/s1. The Balaban J connectivity index is 1.29. The average molecular weight is 468 g/mol. The topological polar surface area (TPSA) is 44.6 Å². The van der Waals surface area contributed by atoms with Crippen molar-refractivity contribution in [2.24, 2.45) is 0 Å². The molecule has 5 rings (SSSR count). The predicted molar refractivity (Wildman–Crippen MR) is 137 cm³/mol. The molecule has 2 fully saturated rings. The Labute approximate surface area is 202 Å². The highest BCUT2D eigenvalue weighted by Gasteiger charge is 2.34. The van der Waals surface area contributed by atoms with Crippen LogP contribution in [-0.4, -0.2) is 82.3 Å². The summed E-state index contributed by atoms with van der Waals surface area (Å²) in [7, 11) is 0. The van der Waals surface area contributed by atoms with E-state index in [4.69, 9.17) is 5.10 Å². The predicted octanol–water partition coefficient (Wildman–Crippen LogP) is 3.39. The second-order valence-electron chi connectivity index (χ2n) is 9.63. The Morgan fingerprint density at radius 2 is 1.85 bits per heavy atom. The number of aromatic nitrogens is 2. The van der Waals surface area contributed by atoms with Gasteiger partial charge in [0.15, 0.2) is 5.69 Å². The number of fused-ring (bicyclic) bond motifs is 1. The van der Waals surface area contributed by atoms with Gasteiger partial charge in [-0.2, -0.15) is 16.9 Å². The van der Waals surface area contributed by atoms with Gasteiger partial charge in [-0.05, 0) is 57.2 Å². The fourth-order valence-electron chi connectivity index (χ4n) is 5.74. The number of hydrogen-bond acceptors (Lipinski definition) is 5. The molecule has 0 unspecified atom stereocenters. The summed E-state index contributed by atoms with van der Waals surface area (Å²) in [4.78, 5) is 20.6. The Kier molecular flexibility index (Phi) is 6.70. The largest absolute Gasteiger partial charge is 0.369 e. The molecule has 0 saturated carbocycles. The molecule has 0 N–H and O–H groups in total. The van der Waals surface area contributed by atoms with Crippen molar-refractivity contribution in [1.82, 2.24) is 19.6 Å². The van der Waals surface area contributed by atoms with Crippen LogP contribution in [0.1, 0.15) is 46.2 Å². The van der Waals surface area contributed by atoms with Gasteiger partial charge in [0.25, 0.3) is 5.91 Å². The number of benzene rings is 1. The van der Waals surface area contributed by atoms with Crippen LogP contribution in [0.2, 0.25) is 0 Å². The molecule has 2 saturated heterocycles. The Bertz CT molecular complexity index is 1000.